The van der Waals surface area contributed by atoms with Crippen LogP contribution in [0.4, 0.5) is 4.79 Å². The minimum Gasteiger partial charge on any atom is -0.444 e. The van der Waals surface area contributed by atoms with Gasteiger partial charge in [-0.05, 0) is 57.7 Å². The van der Waals surface area contributed by atoms with Crippen molar-refractivity contribution >= 4 is 29.7 Å². The number of aryl methyl sites for hydroxylation is 1. The molecule has 0 saturated carbocycles. The van der Waals surface area contributed by atoms with Gasteiger partial charge in [-0.25, -0.2) is 4.79 Å². The van der Waals surface area contributed by atoms with E-state index in [0.29, 0.717) is 13.2 Å². The van der Waals surface area contributed by atoms with Crippen molar-refractivity contribution in [1.29, 1.82) is 0 Å². The number of hydrogen-bond acceptors (Lipinski definition) is 7. The number of thioether (sulfide) groups is 1. The predicted molar refractivity (Wildman–Crippen MR) is 156 cm³/mol. The molecule has 9 nitrogen and oxygen atoms in total. The molecule has 1 aliphatic heterocycles. The van der Waals surface area contributed by atoms with Crippen molar-refractivity contribution in [2.75, 3.05) is 19.1 Å². The molecule has 3 rings (SSSR count). The molecule has 2 aromatic carbocycles. The smallest absolute Gasteiger partial charge is 0.407 e. The zero-order valence-corrected chi connectivity index (χ0v) is 24.7. The van der Waals surface area contributed by atoms with E-state index in [1.54, 1.807) is 6.92 Å². The van der Waals surface area contributed by atoms with Gasteiger partial charge in [0.05, 0.1) is 18.5 Å². The Morgan fingerprint density at radius 3 is 2.48 bits per heavy atom. The number of amides is 3. The van der Waals surface area contributed by atoms with Crippen LogP contribution in [0.3, 0.4) is 0 Å². The van der Waals surface area contributed by atoms with Crippen LogP contribution >= 0.6 is 11.8 Å². The fourth-order valence-electron chi connectivity index (χ4n) is 4.64. The molecule has 1 saturated heterocycles. The van der Waals surface area contributed by atoms with E-state index >= 15 is 0 Å². The van der Waals surface area contributed by atoms with Gasteiger partial charge in [0.2, 0.25) is 5.91 Å². The fraction of sp³-hybridized carbons (Fsp3) is 0.500. The third-order valence-corrected chi connectivity index (χ3v) is 8.27. The lowest BCUT2D eigenvalue weighted by molar-refractivity contribution is -0.147. The molecule has 0 aromatic heterocycles. The summed E-state index contributed by atoms with van der Waals surface area (Å²) in [4.78, 5) is 41.3. The molecule has 4 atom stereocenters. The lowest BCUT2D eigenvalue weighted by Crippen LogP contribution is -2.58. The normalized spacial score (nSPS) is 18.4. The monoisotopic (exact) mass is 571 g/mol. The lowest BCUT2D eigenvalue weighted by Gasteiger charge is -2.33. The van der Waals surface area contributed by atoms with Crippen LogP contribution in [0.25, 0.3) is 0 Å². The van der Waals surface area contributed by atoms with Crippen molar-refractivity contribution < 1.29 is 29.0 Å². The molecule has 10 heteroatoms. The molecule has 3 amide bonds. The van der Waals surface area contributed by atoms with Crippen molar-refractivity contribution in [3.63, 3.8) is 0 Å². The molecule has 1 aliphatic rings. The van der Waals surface area contributed by atoms with E-state index in [4.69, 9.17) is 9.47 Å². The van der Waals surface area contributed by atoms with Crippen LogP contribution in [-0.4, -0.2) is 76.0 Å². The van der Waals surface area contributed by atoms with Gasteiger partial charge in [0.15, 0.2) is 6.10 Å². The largest absolute Gasteiger partial charge is 0.444 e. The molecule has 1 heterocycles. The summed E-state index contributed by atoms with van der Waals surface area (Å²) in [5.41, 5.74) is 2.87. The summed E-state index contributed by atoms with van der Waals surface area (Å²) in [6, 6.07) is 15.3. The summed E-state index contributed by atoms with van der Waals surface area (Å²) in [7, 11) is 0. The molecule has 40 heavy (non-hydrogen) atoms. The van der Waals surface area contributed by atoms with Crippen molar-refractivity contribution in [2.24, 2.45) is 0 Å². The van der Waals surface area contributed by atoms with Crippen LogP contribution in [-0.2, 0) is 32.0 Å². The Balaban J connectivity index is 1.76. The first-order valence-electron chi connectivity index (χ1n) is 13.6. The topological polar surface area (TPSA) is 117 Å². The minimum atomic E-state index is -1.60. The molecule has 1 fully saturated rings. The first kappa shape index (κ1) is 31.4. The predicted octanol–water partition coefficient (Wildman–Crippen LogP) is 3.41. The Morgan fingerprint density at radius 1 is 1.12 bits per heavy atom. The molecule has 0 aliphatic carbocycles. The van der Waals surface area contributed by atoms with E-state index in [9.17, 15) is 19.5 Å². The van der Waals surface area contributed by atoms with Gasteiger partial charge in [-0.2, -0.15) is 0 Å². The van der Waals surface area contributed by atoms with Crippen LogP contribution in [0.2, 0.25) is 0 Å². The number of hydrogen-bond donors (Lipinski definition) is 3. The average Bonchev–Trinajstić information content (AvgIpc) is 3.25. The number of carbonyl (C=O) groups excluding carboxylic acids is 3. The standard InChI is InChI=1S/C30H41N3O6S/c1-6-38-18-21(3)39-29(37)32-24(16-22-13-8-7-9-14-22)25(34)28(36)33-19-40-30(4,5)26(33)27(35)31-17-23-15-11-10-12-20(23)2/h7-15,21,24-26,34H,6,16-19H2,1-5H3,(H,31,35)(H,32,37). The van der Waals surface area contributed by atoms with E-state index in [2.05, 4.69) is 10.6 Å². The third kappa shape index (κ3) is 8.46. The van der Waals surface area contributed by atoms with Crippen molar-refractivity contribution in [2.45, 2.75) is 76.6 Å². The van der Waals surface area contributed by atoms with E-state index in [0.717, 1.165) is 16.7 Å². The Hall–Kier alpha value is -3.08. The SMILES string of the molecule is CCOCC(C)OC(=O)NC(Cc1ccccc1)C(O)C(=O)N1CSC(C)(C)C1C(=O)NCc1ccccc1C. The summed E-state index contributed by atoms with van der Waals surface area (Å²) in [5.74, 6) is -0.688. The highest BCUT2D eigenvalue weighted by Gasteiger charge is 2.49. The Kier molecular flexibility index (Phi) is 11.4. The molecule has 3 N–H and O–H groups in total. The number of carbonyl (C=O) groups is 3. The van der Waals surface area contributed by atoms with E-state index < -0.39 is 41.0 Å². The number of alkyl carbamates (subject to hydrolysis) is 1. The van der Waals surface area contributed by atoms with Gasteiger partial charge in [0, 0.05) is 17.9 Å². The maximum absolute atomic E-state index is 13.7. The molecule has 0 spiro atoms. The second-order valence-electron chi connectivity index (χ2n) is 10.5. The van der Waals surface area contributed by atoms with E-state index in [-0.39, 0.29) is 24.8 Å². The van der Waals surface area contributed by atoms with Gasteiger partial charge in [-0.1, -0.05) is 54.6 Å². The Bertz CT molecular complexity index is 1150. The molecule has 4 unspecified atom stereocenters. The number of nitrogens with zero attached hydrogens (tertiary/aromatic N) is 1. The lowest BCUT2D eigenvalue weighted by atomic mass is 9.97. The van der Waals surface area contributed by atoms with Crippen molar-refractivity contribution in [3.8, 4) is 0 Å². The van der Waals surface area contributed by atoms with E-state index in [1.807, 2.05) is 82.3 Å². The minimum absolute atomic E-state index is 0.192. The second-order valence-corrected chi connectivity index (χ2v) is 12.1. The van der Waals surface area contributed by atoms with Crippen molar-refractivity contribution in [3.05, 3.63) is 71.3 Å². The number of benzene rings is 2. The quantitative estimate of drug-likeness (QED) is 0.357. The maximum atomic E-state index is 13.7. The highest BCUT2D eigenvalue weighted by molar-refractivity contribution is 8.00. The van der Waals surface area contributed by atoms with Gasteiger partial charge in [0.25, 0.3) is 5.91 Å². The first-order valence-corrected chi connectivity index (χ1v) is 14.6. The summed E-state index contributed by atoms with van der Waals surface area (Å²) >= 11 is 1.47. The van der Waals surface area contributed by atoms with Crippen LogP contribution < -0.4 is 10.6 Å². The first-order chi connectivity index (χ1) is 19.0. The molecule has 0 radical (unpaired) electrons. The fourth-order valence-corrected chi connectivity index (χ4v) is 5.78. The summed E-state index contributed by atoms with van der Waals surface area (Å²) in [6.45, 7) is 10.4. The number of rotatable bonds is 12. The number of aliphatic hydroxyl groups excluding tert-OH is 1. The summed E-state index contributed by atoms with van der Waals surface area (Å²) < 4.78 is 10.1. The number of ether oxygens (including phenoxy) is 2. The maximum Gasteiger partial charge on any atom is 0.407 e. The van der Waals surface area contributed by atoms with Gasteiger partial charge in [0.1, 0.15) is 12.1 Å². The number of aliphatic hydroxyl groups is 1. The molecule has 0 bridgehead atoms. The summed E-state index contributed by atoms with van der Waals surface area (Å²) in [5, 5.41) is 17.0. The van der Waals surface area contributed by atoms with Gasteiger partial charge >= 0.3 is 6.09 Å². The van der Waals surface area contributed by atoms with Crippen molar-refractivity contribution in [1.82, 2.24) is 15.5 Å². The molecule has 2 aromatic rings. The average molecular weight is 572 g/mol. The molecular formula is C30H41N3O6S. The van der Waals surface area contributed by atoms with E-state index in [1.165, 1.54) is 16.7 Å². The Morgan fingerprint density at radius 2 is 1.80 bits per heavy atom. The van der Waals surface area contributed by atoms with Gasteiger partial charge in [-0.3, -0.25) is 9.59 Å². The third-order valence-electron chi connectivity index (χ3n) is 6.89. The molecule has 218 valence electrons. The second kappa shape index (κ2) is 14.5. The summed E-state index contributed by atoms with van der Waals surface area (Å²) in [6.07, 6.45) is -2.68. The van der Waals surface area contributed by atoms with Crippen LogP contribution in [0, 0.1) is 6.92 Å². The number of nitrogens with one attached hydrogen (secondary N) is 2. The van der Waals surface area contributed by atoms with Crippen LogP contribution in [0.1, 0.15) is 44.4 Å². The van der Waals surface area contributed by atoms with Crippen LogP contribution in [0.15, 0.2) is 54.6 Å². The highest BCUT2D eigenvalue weighted by atomic mass is 32.2. The zero-order chi connectivity index (χ0) is 29.3. The zero-order valence-electron chi connectivity index (χ0n) is 23.9. The van der Waals surface area contributed by atoms with Gasteiger partial charge < -0.3 is 30.1 Å². The Labute approximate surface area is 241 Å². The van der Waals surface area contributed by atoms with Gasteiger partial charge in [-0.15, -0.1) is 11.8 Å². The molecular weight excluding hydrogens is 530 g/mol. The van der Waals surface area contributed by atoms with Crippen LogP contribution in [0.5, 0.6) is 0 Å². The highest BCUT2D eigenvalue weighted by Crippen LogP contribution is 2.40.